The van der Waals surface area contributed by atoms with Gasteiger partial charge in [0.2, 0.25) is 0 Å². The SMILES string of the molecule is Cc1ccccc1C(=O)N1N=C(c2ccccc2C)CC1c1ccco1. The third-order valence-corrected chi connectivity index (χ3v) is 4.82. The number of nitrogens with zero attached hydrogens (tertiary/aromatic N) is 2. The first kappa shape index (κ1) is 16.3. The highest BCUT2D eigenvalue weighted by Crippen LogP contribution is 2.35. The number of hydrazone groups is 1. The molecule has 4 heteroatoms. The third-order valence-electron chi connectivity index (χ3n) is 4.82. The molecule has 0 spiro atoms. The molecule has 1 aliphatic heterocycles. The van der Waals surface area contributed by atoms with Gasteiger partial charge in [0.15, 0.2) is 0 Å². The standard InChI is InChI=1S/C22H20N2O2/c1-15-8-3-5-10-17(15)19-14-20(21-12-7-13-26-21)24(23-19)22(25)18-11-6-4-9-16(18)2/h3-13,20H,14H2,1-2H3. The lowest BCUT2D eigenvalue weighted by molar-refractivity contribution is 0.0692. The Labute approximate surface area is 152 Å². The van der Waals surface area contributed by atoms with Gasteiger partial charge in [0.25, 0.3) is 5.91 Å². The Morgan fingerprint density at radius 3 is 2.42 bits per heavy atom. The number of hydrogen-bond donors (Lipinski definition) is 0. The molecule has 0 saturated heterocycles. The maximum absolute atomic E-state index is 13.2. The molecule has 4 rings (SSSR count). The van der Waals surface area contributed by atoms with Gasteiger partial charge in [0.1, 0.15) is 11.8 Å². The number of carbonyl (C=O) groups is 1. The molecule has 1 atom stereocenters. The summed E-state index contributed by atoms with van der Waals surface area (Å²) in [5.41, 5.74) is 4.74. The summed E-state index contributed by atoms with van der Waals surface area (Å²) in [7, 11) is 0. The second kappa shape index (κ2) is 6.64. The van der Waals surface area contributed by atoms with Crippen molar-refractivity contribution in [3.8, 4) is 0 Å². The number of amides is 1. The van der Waals surface area contributed by atoms with Gasteiger partial charge in [-0.3, -0.25) is 4.79 Å². The van der Waals surface area contributed by atoms with Gasteiger partial charge < -0.3 is 4.42 Å². The molecule has 3 aromatic rings. The predicted molar refractivity (Wildman–Crippen MR) is 101 cm³/mol. The van der Waals surface area contributed by atoms with Crippen LogP contribution in [-0.2, 0) is 0 Å². The Morgan fingerprint density at radius 1 is 1.00 bits per heavy atom. The van der Waals surface area contributed by atoms with E-state index in [-0.39, 0.29) is 11.9 Å². The molecule has 1 amide bonds. The first-order valence-electron chi connectivity index (χ1n) is 8.71. The Hall–Kier alpha value is -3.14. The molecule has 0 N–H and O–H groups in total. The molecule has 0 aliphatic carbocycles. The van der Waals surface area contributed by atoms with Crippen LogP contribution in [0.15, 0.2) is 76.4 Å². The van der Waals surface area contributed by atoms with Crippen molar-refractivity contribution in [2.24, 2.45) is 5.10 Å². The van der Waals surface area contributed by atoms with Gasteiger partial charge in [0.05, 0.1) is 12.0 Å². The van der Waals surface area contributed by atoms with E-state index in [1.54, 1.807) is 11.3 Å². The van der Waals surface area contributed by atoms with Crippen LogP contribution in [0.5, 0.6) is 0 Å². The molecule has 4 nitrogen and oxygen atoms in total. The van der Waals surface area contributed by atoms with Crippen molar-refractivity contribution >= 4 is 11.6 Å². The molecule has 2 heterocycles. The van der Waals surface area contributed by atoms with Gasteiger partial charge >= 0.3 is 0 Å². The molecule has 26 heavy (non-hydrogen) atoms. The smallest absolute Gasteiger partial charge is 0.274 e. The molecule has 0 fully saturated rings. The number of hydrogen-bond acceptors (Lipinski definition) is 3. The van der Waals surface area contributed by atoms with Crippen molar-refractivity contribution in [3.05, 3.63) is 94.9 Å². The van der Waals surface area contributed by atoms with E-state index in [0.717, 1.165) is 28.2 Å². The fourth-order valence-electron chi connectivity index (χ4n) is 3.40. The molecule has 130 valence electrons. The number of benzene rings is 2. The molecule has 1 aliphatic rings. The Bertz CT molecular complexity index is 973. The summed E-state index contributed by atoms with van der Waals surface area (Å²) in [5.74, 6) is 0.646. The average Bonchev–Trinajstić information content (AvgIpc) is 3.31. The van der Waals surface area contributed by atoms with Crippen LogP contribution in [0.25, 0.3) is 0 Å². The van der Waals surface area contributed by atoms with Gasteiger partial charge in [-0.05, 0) is 43.2 Å². The van der Waals surface area contributed by atoms with Crippen molar-refractivity contribution in [1.29, 1.82) is 0 Å². The van der Waals surface area contributed by atoms with E-state index in [0.29, 0.717) is 12.0 Å². The van der Waals surface area contributed by atoms with Crippen LogP contribution in [0.2, 0.25) is 0 Å². The monoisotopic (exact) mass is 344 g/mol. The van der Waals surface area contributed by atoms with Crippen LogP contribution in [-0.4, -0.2) is 16.6 Å². The van der Waals surface area contributed by atoms with E-state index in [1.165, 1.54) is 0 Å². The summed E-state index contributed by atoms with van der Waals surface area (Å²) in [6.45, 7) is 4.00. The summed E-state index contributed by atoms with van der Waals surface area (Å²) in [6, 6.07) is 19.2. The molecule has 1 unspecified atom stereocenters. The van der Waals surface area contributed by atoms with Crippen LogP contribution in [0.4, 0.5) is 0 Å². The first-order valence-corrected chi connectivity index (χ1v) is 8.71. The molecule has 2 aromatic carbocycles. The lowest BCUT2D eigenvalue weighted by Gasteiger charge is -2.20. The maximum Gasteiger partial charge on any atom is 0.274 e. The van der Waals surface area contributed by atoms with Crippen molar-refractivity contribution in [1.82, 2.24) is 5.01 Å². The van der Waals surface area contributed by atoms with Gasteiger partial charge in [-0.25, -0.2) is 5.01 Å². The van der Waals surface area contributed by atoms with E-state index in [9.17, 15) is 4.79 Å². The minimum Gasteiger partial charge on any atom is -0.467 e. The predicted octanol–water partition coefficient (Wildman–Crippen LogP) is 4.89. The Kier molecular flexibility index (Phi) is 4.17. The number of carbonyl (C=O) groups excluding carboxylic acids is 1. The molecule has 0 bridgehead atoms. The largest absolute Gasteiger partial charge is 0.467 e. The van der Waals surface area contributed by atoms with Gasteiger partial charge in [-0.15, -0.1) is 0 Å². The minimum absolute atomic E-state index is 0.104. The molecular formula is C22H20N2O2. The second-order valence-electron chi connectivity index (χ2n) is 6.56. The Balaban J connectivity index is 1.76. The maximum atomic E-state index is 13.2. The molecule has 1 aromatic heterocycles. The summed E-state index contributed by atoms with van der Waals surface area (Å²) in [6.07, 6.45) is 2.27. The highest BCUT2D eigenvalue weighted by Gasteiger charge is 2.36. The topological polar surface area (TPSA) is 45.8 Å². The van der Waals surface area contributed by atoms with E-state index in [4.69, 9.17) is 9.52 Å². The summed E-state index contributed by atoms with van der Waals surface area (Å²) < 4.78 is 5.61. The molecule has 0 saturated carbocycles. The second-order valence-corrected chi connectivity index (χ2v) is 6.56. The molecular weight excluding hydrogens is 324 g/mol. The molecule has 0 radical (unpaired) electrons. The summed E-state index contributed by atoms with van der Waals surface area (Å²) >= 11 is 0. The van der Waals surface area contributed by atoms with Gasteiger partial charge in [-0.1, -0.05) is 42.5 Å². The average molecular weight is 344 g/mol. The van der Waals surface area contributed by atoms with Crippen LogP contribution in [0, 0.1) is 13.8 Å². The Morgan fingerprint density at radius 2 is 1.73 bits per heavy atom. The third kappa shape index (κ3) is 2.84. The van der Waals surface area contributed by atoms with Crippen LogP contribution < -0.4 is 0 Å². The van der Waals surface area contributed by atoms with E-state index in [2.05, 4.69) is 19.1 Å². The van der Waals surface area contributed by atoms with Crippen LogP contribution >= 0.6 is 0 Å². The van der Waals surface area contributed by atoms with Crippen molar-refractivity contribution < 1.29 is 9.21 Å². The van der Waals surface area contributed by atoms with Crippen LogP contribution in [0.1, 0.15) is 45.3 Å². The first-order chi connectivity index (χ1) is 12.6. The van der Waals surface area contributed by atoms with Gasteiger partial charge in [-0.2, -0.15) is 5.10 Å². The number of rotatable bonds is 3. The highest BCUT2D eigenvalue weighted by atomic mass is 16.3. The highest BCUT2D eigenvalue weighted by molar-refractivity contribution is 6.06. The van der Waals surface area contributed by atoms with Crippen LogP contribution in [0.3, 0.4) is 0 Å². The lowest BCUT2D eigenvalue weighted by Crippen LogP contribution is -2.27. The van der Waals surface area contributed by atoms with Crippen molar-refractivity contribution in [2.45, 2.75) is 26.3 Å². The summed E-state index contributed by atoms with van der Waals surface area (Å²) in [5, 5.41) is 6.29. The lowest BCUT2D eigenvalue weighted by atomic mass is 9.98. The zero-order chi connectivity index (χ0) is 18.1. The van der Waals surface area contributed by atoms with Gasteiger partial charge in [0, 0.05) is 17.5 Å². The van der Waals surface area contributed by atoms with Crippen molar-refractivity contribution in [3.63, 3.8) is 0 Å². The fraction of sp³-hybridized carbons (Fsp3) is 0.182. The zero-order valence-electron chi connectivity index (χ0n) is 14.8. The quantitative estimate of drug-likeness (QED) is 0.679. The van der Waals surface area contributed by atoms with E-state index < -0.39 is 0 Å². The fourth-order valence-corrected chi connectivity index (χ4v) is 3.40. The van der Waals surface area contributed by atoms with E-state index >= 15 is 0 Å². The van der Waals surface area contributed by atoms with E-state index in [1.807, 2.05) is 55.5 Å². The number of furan rings is 1. The van der Waals surface area contributed by atoms with Crippen molar-refractivity contribution in [2.75, 3.05) is 0 Å². The number of aryl methyl sites for hydroxylation is 2. The zero-order valence-corrected chi connectivity index (χ0v) is 14.8. The minimum atomic E-state index is -0.230. The normalized spacial score (nSPS) is 16.6. The summed E-state index contributed by atoms with van der Waals surface area (Å²) in [4.78, 5) is 13.2.